The van der Waals surface area contributed by atoms with E-state index in [0.717, 1.165) is 24.5 Å². The van der Waals surface area contributed by atoms with Crippen LogP contribution in [-0.4, -0.2) is 18.3 Å². The molecule has 7 heteroatoms. The molecular formula is C72H40N6O. The molecule has 12 aromatic carbocycles. The van der Waals surface area contributed by atoms with Crippen molar-refractivity contribution in [3.63, 3.8) is 0 Å². The van der Waals surface area contributed by atoms with Crippen LogP contribution in [0.2, 0.25) is 0 Å². The molecule has 7 nitrogen and oxygen atoms in total. The first-order valence-corrected chi connectivity index (χ1v) is 24.6. The van der Waals surface area contributed by atoms with E-state index in [9.17, 15) is 42.0 Å². The van der Waals surface area contributed by atoms with Gasteiger partial charge in [-0.15, -0.1) is 0 Å². The summed E-state index contributed by atoms with van der Waals surface area (Å²) < 4.78 is 241. The summed E-state index contributed by atoms with van der Waals surface area (Å²) in [6.07, 6.45) is 0. The molecule has 0 amide bonds. The zero-order valence-electron chi connectivity index (χ0n) is 64.3. The summed E-state index contributed by atoms with van der Waals surface area (Å²) in [7, 11) is 0. The van der Waals surface area contributed by atoms with Gasteiger partial charge >= 0.3 is 0 Å². The highest BCUT2D eigenvalue weighted by atomic mass is 16.3. The predicted molar refractivity (Wildman–Crippen MR) is 325 cm³/mol. The molecule has 364 valence electrons. The Kier molecular flexibility index (Phi) is 5.35. The van der Waals surface area contributed by atoms with E-state index in [4.69, 9.17) is 7.16 Å². The second kappa shape index (κ2) is 16.2. The average Bonchev–Trinajstić information content (AvgIpc) is 1.54. The molecule has 0 spiro atoms. The van der Waals surface area contributed by atoms with Crippen LogP contribution in [0, 0.1) is 17.9 Å². The SMILES string of the molecule is [2H]c1c([2H])c([2H])c2c(c1[2H])c1c([2H])c([2H])c([2H])c([2H])c1n2-c1c(C#N)c(-n2c3c([2H])c([2H])c([2H])c([2H])c3c3c([2H])c([2H])c([2H])c([2H])c32)c(-n2c3cc(-c4cccc5ccccc45)ccc3c3ccc4oc5ccccc5c4c32)c(-n2c3c([2H])c([2H])c([2H])c([2H])c3c3c([2H])c([2H])c([2H])c([2H])c32)c1[N+]#[C-]. The van der Waals surface area contributed by atoms with E-state index in [2.05, 4.69) is 10.9 Å². The maximum Gasteiger partial charge on any atom is 0.237 e. The number of benzene rings is 12. The van der Waals surface area contributed by atoms with Crippen LogP contribution in [0.4, 0.5) is 5.69 Å². The van der Waals surface area contributed by atoms with Crippen molar-refractivity contribution in [3.05, 3.63) is 259 Å². The first-order chi connectivity index (χ1) is 49.1. The molecule has 17 rings (SSSR count). The van der Waals surface area contributed by atoms with Crippen LogP contribution in [0.5, 0.6) is 0 Å². The molecule has 0 saturated carbocycles. The second-order valence-electron chi connectivity index (χ2n) is 18.7. The van der Waals surface area contributed by atoms with Gasteiger partial charge in [-0.05, 0) is 82.4 Å². The number of hydrogen-bond donors (Lipinski definition) is 0. The minimum atomic E-state index is -0.968. The van der Waals surface area contributed by atoms with Crippen molar-refractivity contribution < 1.29 is 37.3 Å². The Labute approximate surface area is 484 Å². The van der Waals surface area contributed by atoms with Crippen molar-refractivity contribution in [2.75, 3.05) is 0 Å². The maximum absolute atomic E-state index is 13.1. The number of fused-ring (bicyclic) bond motifs is 17. The van der Waals surface area contributed by atoms with Crippen molar-refractivity contribution in [3.8, 4) is 39.9 Å². The lowest BCUT2D eigenvalue weighted by molar-refractivity contribution is 0.669. The number of furan rings is 1. The lowest BCUT2D eigenvalue weighted by Crippen LogP contribution is -2.14. The van der Waals surface area contributed by atoms with Crippen LogP contribution in [0.15, 0.2) is 246 Å². The van der Waals surface area contributed by atoms with E-state index in [0.29, 0.717) is 38.3 Å². The van der Waals surface area contributed by atoms with Gasteiger partial charge in [0.05, 0.1) is 117 Å². The van der Waals surface area contributed by atoms with E-state index in [1.54, 1.807) is 48.5 Å². The van der Waals surface area contributed by atoms with Crippen LogP contribution in [0.25, 0.3) is 159 Å². The third-order valence-electron chi connectivity index (χ3n) is 15.0. The molecule has 0 saturated heterocycles. The Morgan fingerprint density at radius 2 is 0.886 bits per heavy atom. The average molecular weight is 1030 g/mol. The summed E-state index contributed by atoms with van der Waals surface area (Å²) in [6.45, 7) is 10.00. The Hall–Kier alpha value is -11.1. The summed E-state index contributed by atoms with van der Waals surface area (Å²) in [6, 6.07) is 8.94. The van der Waals surface area contributed by atoms with Gasteiger partial charge in [0.25, 0.3) is 0 Å². The Bertz CT molecular complexity index is 6650. The monoisotopic (exact) mass is 1030 g/mol. The predicted octanol–water partition coefficient (Wildman–Crippen LogP) is 19.2. The smallest absolute Gasteiger partial charge is 0.237 e. The second-order valence-corrected chi connectivity index (χ2v) is 18.7. The van der Waals surface area contributed by atoms with Gasteiger partial charge in [-0.1, -0.05) is 182 Å². The molecule has 0 bridgehead atoms. The van der Waals surface area contributed by atoms with E-state index >= 15 is 0 Å². The number of nitriles is 1. The highest BCUT2D eigenvalue weighted by Crippen LogP contribution is 2.53. The Morgan fingerprint density at radius 1 is 0.405 bits per heavy atom. The first-order valence-electron chi connectivity index (χ1n) is 36.6. The van der Waals surface area contributed by atoms with Gasteiger partial charge in [0, 0.05) is 48.5 Å². The van der Waals surface area contributed by atoms with Crippen LogP contribution in [0.1, 0.15) is 38.5 Å². The fourth-order valence-electron chi connectivity index (χ4n) is 11.9. The zero-order valence-corrected chi connectivity index (χ0v) is 40.3. The van der Waals surface area contributed by atoms with Crippen molar-refractivity contribution >= 4 is 126 Å². The van der Waals surface area contributed by atoms with Gasteiger partial charge in [-0.2, -0.15) is 5.26 Å². The van der Waals surface area contributed by atoms with E-state index in [1.165, 1.54) is 4.57 Å². The van der Waals surface area contributed by atoms with E-state index in [1.807, 2.05) is 48.5 Å². The third kappa shape index (κ3) is 5.77. The van der Waals surface area contributed by atoms with E-state index < -0.39 is 244 Å². The number of nitrogens with zero attached hydrogens (tertiary/aromatic N) is 6. The third-order valence-corrected chi connectivity index (χ3v) is 15.0. The molecule has 0 unspecified atom stereocenters. The van der Waals surface area contributed by atoms with Crippen molar-refractivity contribution in [2.24, 2.45) is 0 Å². The number of rotatable bonds is 5. The standard InChI is InChI=1S/C72H40N6O/c1-74-67-69(75-57-30-11-4-22-47(57)48-23-5-12-31-58(48)75)56(42-73)70(76-59-32-13-6-24-49(59)50-25-7-14-33-60(50)76)72(71(67)77-61-34-15-8-26-51(61)52-27-9-16-35-62(52)77)78-63-41-44(46-29-18-20-43-19-2-3-21-45(43)46)37-38-53(63)54-39-40-65-66(68(54)78)55-28-10-17-36-64(55)79-65/h2-41H/i4D,5D,6D,7D,8D,9D,11D,12D,13D,14D,15D,16D,22D,23D,24D,25D,26D,27D,30D,31D,32D,33D,34D,35D. The van der Waals surface area contributed by atoms with Gasteiger partial charge in [0.15, 0.2) is 0 Å². The summed E-state index contributed by atoms with van der Waals surface area (Å²) >= 11 is 0. The fraction of sp³-hybridized carbons (Fsp3) is 0. The molecule has 0 atom stereocenters. The zero-order chi connectivity index (χ0) is 72.9. The molecule has 17 aromatic rings. The van der Waals surface area contributed by atoms with Crippen LogP contribution >= 0.6 is 0 Å². The molecular weight excluding hydrogens is 965 g/mol. The van der Waals surface area contributed by atoms with Crippen molar-refractivity contribution in [1.82, 2.24) is 18.3 Å². The normalized spacial score (nSPS) is 16.3. The number of aromatic nitrogens is 4. The molecule has 0 radical (unpaired) electrons. The molecule has 5 heterocycles. The molecule has 5 aromatic heterocycles. The topological polar surface area (TPSA) is 61.0 Å². The number of hydrogen-bond acceptors (Lipinski definition) is 2. The highest BCUT2D eigenvalue weighted by molar-refractivity contribution is 6.26. The Balaban J connectivity index is 1.32. The van der Waals surface area contributed by atoms with Crippen LogP contribution < -0.4 is 0 Å². The summed E-state index contributed by atoms with van der Waals surface area (Å²) in [5.74, 6) is 0. The van der Waals surface area contributed by atoms with Gasteiger partial charge in [-0.25, -0.2) is 4.85 Å². The van der Waals surface area contributed by atoms with Crippen LogP contribution in [-0.2, 0) is 0 Å². The lowest BCUT2D eigenvalue weighted by atomic mass is 9.97. The van der Waals surface area contributed by atoms with Gasteiger partial charge in [0.1, 0.15) is 17.2 Å². The summed E-state index contributed by atoms with van der Waals surface area (Å²) in [4.78, 5) is 4.29. The van der Waals surface area contributed by atoms with Gasteiger partial charge in [-0.3, -0.25) is 0 Å². The highest BCUT2D eigenvalue weighted by Gasteiger charge is 2.35. The summed E-state index contributed by atoms with van der Waals surface area (Å²) in [5, 5.41) is 12.7. The minimum Gasteiger partial charge on any atom is -0.456 e. The van der Waals surface area contributed by atoms with E-state index in [-0.39, 0.29) is 16.6 Å². The fourth-order valence-corrected chi connectivity index (χ4v) is 11.9. The molecule has 0 aliphatic heterocycles. The van der Waals surface area contributed by atoms with Gasteiger partial charge < -0.3 is 22.7 Å². The van der Waals surface area contributed by atoms with Crippen molar-refractivity contribution in [2.45, 2.75) is 0 Å². The minimum absolute atomic E-state index is 0.122. The maximum atomic E-state index is 13.1. The molecule has 79 heavy (non-hydrogen) atoms. The first kappa shape index (κ1) is 26.1. The Morgan fingerprint density at radius 3 is 1.44 bits per heavy atom. The molecule has 0 N–H and O–H groups in total. The van der Waals surface area contributed by atoms with Crippen molar-refractivity contribution in [1.29, 1.82) is 5.26 Å². The number of para-hydroxylation sites is 7. The molecule has 0 aliphatic carbocycles. The van der Waals surface area contributed by atoms with Crippen LogP contribution in [0.3, 0.4) is 0 Å². The molecule has 0 fully saturated rings. The summed E-state index contributed by atoms with van der Waals surface area (Å²) in [5.41, 5.74) is -7.03. The van der Waals surface area contributed by atoms with Gasteiger partial charge in [0.2, 0.25) is 5.69 Å². The lowest BCUT2D eigenvalue weighted by Gasteiger charge is -2.27. The quantitative estimate of drug-likeness (QED) is 0.161. The molecule has 0 aliphatic rings. The largest absolute Gasteiger partial charge is 0.456 e.